The second kappa shape index (κ2) is 8.98. The van der Waals surface area contributed by atoms with Crippen LogP contribution in [0.3, 0.4) is 0 Å². The monoisotopic (exact) mass is 178 g/mol. The number of hydrogen-bond donors (Lipinski definition) is 0. The molecule has 0 radical (unpaired) electrons. The van der Waals surface area contributed by atoms with Crippen molar-refractivity contribution in [2.45, 2.75) is 32.6 Å². The van der Waals surface area contributed by atoms with Gasteiger partial charge in [-0.2, -0.15) is 0 Å². The third kappa shape index (κ3) is 8.80. The number of carbonyl (C=O) groups excluding carboxylic acids is 1. The minimum Gasteiger partial charge on any atom is -0.290 e. The third-order valence-electron chi connectivity index (χ3n) is 1.56. The fourth-order valence-corrected chi connectivity index (χ4v) is 0.835. The Bertz CT molecular complexity index is 199. The highest BCUT2D eigenvalue weighted by molar-refractivity contribution is 5.99. The number of rotatable bonds is 7. The van der Waals surface area contributed by atoms with Crippen molar-refractivity contribution in [3.63, 3.8) is 0 Å². The Morgan fingerprint density at radius 1 is 1.15 bits per heavy atom. The van der Waals surface area contributed by atoms with Gasteiger partial charge in [-0.15, -0.1) is 6.58 Å². The maximum atomic E-state index is 11.1. The molecule has 0 unspecified atom stereocenters. The van der Waals surface area contributed by atoms with Crippen molar-refractivity contribution in [1.29, 1.82) is 0 Å². The molecule has 0 heterocycles. The quantitative estimate of drug-likeness (QED) is 0.331. The zero-order valence-electron chi connectivity index (χ0n) is 8.33. The molecule has 0 aromatic rings. The van der Waals surface area contributed by atoms with E-state index in [1.54, 1.807) is 12.2 Å². The molecule has 0 atom stereocenters. The van der Waals surface area contributed by atoms with Gasteiger partial charge in [0.2, 0.25) is 0 Å². The minimum atomic E-state index is 0.0810. The van der Waals surface area contributed by atoms with E-state index in [9.17, 15) is 4.79 Å². The van der Waals surface area contributed by atoms with Crippen LogP contribution >= 0.6 is 0 Å². The summed E-state index contributed by atoms with van der Waals surface area (Å²) in [6, 6.07) is 0. The van der Waals surface area contributed by atoms with Crippen LogP contribution in [-0.2, 0) is 4.79 Å². The van der Waals surface area contributed by atoms with E-state index in [1.165, 1.54) is 0 Å². The topological polar surface area (TPSA) is 17.1 Å². The van der Waals surface area contributed by atoms with Crippen LogP contribution in [0.4, 0.5) is 0 Å². The van der Waals surface area contributed by atoms with Gasteiger partial charge in [-0.1, -0.05) is 31.6 Å². The minimum absolute atomic E-state index is 0.0810. The molecule has 0 aromatic heterocycles. The van der Waals surface area contributed by atoms with Crippen molar-refractivity contribution in [2.75, 3.05) is 0 Å². The lowest BCUT2D eigenvalue weighted by molar-refractivity contribution is -0.110. The third-order valence-corrected chi connectivity index (χ3v) is 1.56. The highest BCUT2D eigenvalue weighted by Gasteiger charge is 1.86. The van der Waals surface area contributed by atoms with Crippen LogP contribution in [0.1, 0.15) is 32.6 Å². The molecule has 0 aliphatic carbocycles. The molecule has 0 saturated heterocycles. The van der Waals surface area contributed by atoms with Crippen molar-refractivity contribution < 1.29 is 4.79 Å². The van der Waals surface area contributed by atoms with E-state index < -0.39 is 0 Å². The normalized spacial score (nSPS) is 11.2. The SMILES string of the molecule is C=CCC/C=C/C(=O)/C=C/CCC. The first-order valence-electron chi connectivity index (χ1n) is 4.79. The highest BCUT2D eigenvalue weighted by Crippen LogP contribution is 1.93. The van der Waals surface area contributed by atoms with E-state index in [2.05, 4.69) is 13.5 Å². The average molecular weight is 178 g/mol. The zero-order valence-corrected chi connectivity index (χ0v) is 8.33. The first-order chi connectivity index (χ1) is 6.31. The van der Waals surface area contributed by atoms with Crippen molar-refractivity contribution in [2.24, 2.45) is 0 Å². The van der Waals surface area contributed by atoms with E-state index >= 15 is 0 Å². The summed E-state index contributed by atoms with van der Waals surface area (Å²) in [6.07, 6.45) is 12.8. The summed E-state index contributed by atoms with van der Waals surface area (Å²) in [4.78, 5) is 11.1. The van der Waals surface area contributed by atoms with Gasteiger partial charge in [0.25, 0.3) is 0 Å². The molecule has 0 aliphatic rings. The van der Waals surface area contributed by atoms with Crippen molar-refractivity contribution in [3.05, 3.63) is 37.0 Å². The second-order valence-electron chi connectivity index (χ2n) is 2.86. The average Bonchev–Trinajstić information content (AvgIpc) is 2.13. The second-order valence-corrected chi connectivity index (χ2v) is 2.86. The molecule has 0 bridgehead atoms. The molecular formula is C12H18O. The Labute approximate surface area is 80.8 Å². The smallest absolute Gasteiger partial charge is 0.177 e. The molecule has 13 heavy (non-hydrogen) atoms. The van der Waals surface area contributed by atoms with Gasteiger partial charge in [0, 0.05) is 0 Å². The van der Waals surface area contributed by atoms with Crippen molar-refractivity contribution in [3.8, 4) is 0 Å². The summed E-state index contributed by atoms with van der Waals surface area (Å²) in [5, 5.41) is 0. The molecule has 72 valence electrons. The lowest BCUT2D eigenvalue weighted by atomic mass is 10.2. The Kier molecular flexibility index (Phi) is 8.21. The summed E-state index contributed by atoms with van der Waals surface area (Å²) < 4.78 is 0. The first-order valence-corrected chi connectivity index (χ1v) is 4.79. The van der Waals surface area contributed by atoms with Gasteiger partial charge < -0.3 is 0 Å². The van der Waals surface area contributed by atoms with Gasteiger partial charge in [-0.25, -0.2) is 0 Å². The molecule has 0 fully saturated rings. The Hall–Kier alpha value is -1.11. The molecular weight excluding hydrogens is 160 g/mol. The summed E-state index contributed by atoms with van der Waals surface area (Å²) in [7, 11) is 0. The Balaban J connectivity index is 3.60. The lowest BCUT2D eigenvalue weighted by Crippen LogP contribution is -1.84. The summed E-state index contributed by atoms with van der Waals surface area (Å²) in [5.41, 5.74) is 0. The molecule has 0 rings (SSSR count). The van der Waals surface area contributed by atoms with Crippen LogP contribution in [0, 0.1) is 0 Å². The van der Waals surface area contributed by atoms with Crippen LogP contribution < -0.4 is 0 Å². The molecule has 0 saturated carbocycles. The molecule has 0 aliphatic heterocycles. The summed E-state index contributed by atoms with van der Waals surface area (Å²) >= 11 is 0. The van der Waals surface area contributed by atoms with E-state index in [0.29, 0.717) is 0 Å². The van der Waals surface area contributed by atoms with Crippen molar-refractivity contribution >= 4 is 5.78 Å². The lowest BCUT2D eigenvalue weighted by Gasteiger charge is -1.85. The van der Waals surface area contributed by atoms with Crippen LogP contribution in [-0.4, -0.2) is 5.78 Å². The van der Waals surface area contributed by atoms with Crippen LogP contribution in [0.2, 0.25) is 0 Å². The van der Waals surface area contributed by atoms with Gasteiger partial charge in [-0.3, -0.25) is 4.79 Å². The maximum Gasteiger partial charge on any atom is 0.177 e. The van der Waals surface area contributed by atoms with Crippen molar-refractivity contribution in [1.82, 2.24) is 0 Å². The first kappa shape index (κ1) is 11.9. The summed E-state index contributed by atoms with van der Waals surface area (Å²) in [6.45, 7) is 5.70. The molecule has 1 nitrogen and oxygen atoms in total. The number of ketones is 1. The fraction of sp³-hybridized carbons (Fsp3) is 0.417. The van der Waals surface area contributed by atoms with Gasteiger partial charge in [0.15, 0.2) is 5.78 Å². The van der Waals surface area contributed by atoms with E-state index in [-0.39, 0.29) is 5.78 Å². The van der Waals surface area contributed by atoms with E-state index in [0.717, 1.165) is 25.7 Å². The van der Waals surface area contributed by atoms with Gasteiger partial charge >= 0.3 is 0 Å². The predicted octanol–water partition coefficient (Wildman–Crippen LogP) is 3.43. The Morgan fingerprint density at radius 2 is 1.77 bits per heavy atom. The van der Waals surface area contributed by atoms with Crippen LogP contribution in [0.5, 0.6) is 0 Å². The standard InChI is InChI=1S/C12H18O/c1-3-5-7-9-11-12(13)10-8-6-4-2/h3,8-11H,1,4-7H2,2H3/b10-8+,11-9+. The predicted molar refractivity (Wildman–Crippen MR) is 57.6 cm³/mol. The number of unbranched alkanes of at least 4 members (excludes halogenated alkanes) is 2. The molecule has 0 N–H and O–H groups in total. The molecule has 0 spiro atoms. The van der Waals surface area contributed by atoms with Crippen LogP contribution in [0.15, 0.2) is 37.0 Å². The fourth-order valence-electron chi connectivity index (χ4n) is 0.835. The maximum absolute atomic E-state index is 11.1. The number of carbonyl (C=O) groups is 1. The largest absolute Gasteiger partial charge is 0.290 e. The van der Waals surface area contributed by atoms with Gasteiger partial charge in [-0.05, 0) is 31.4 Å². The highest BCUT2D eigenvalue weighted by atomic mass is 16.1. The van der Waals surface area contributed by atoms with E-state index in [4.69, 9.17) is 0 Å². The van der Waals surface area contributed by atoms with E-state index in [1.807, 2.05) is 18.2 Å². The van der Waals surface area contributed by atoms with Gasteiger partial charge in [0.05, 0.1) is 0 Å². The Morgan fingerprint density at radius 3 is 2.31 bits per heavy atom. The summed E-state index contributed by atoms with van der Waals surface area (Å²) in [5.74, 6) is 0.0810. The molecule has 0 aromatic carbocycles. The zero-order chi connectivity index (χ0) is 9.94. The van der Waals surface area contributed by atoms with Crippen LogP contribution in [0.25, 0.3) is 0 Å². The molecule has 1 heteroatoms. The number of allylic oxidation sites excluding steroid dienone is 5. The number of hydrogen-bond acceptors (Lipinski definition) is 1. The van der Waals surface area contributed by atoms with Gasteiger partial charge in [0.1, 0.15) is 0 Å². The molecule has 0 amide bonds.